The molecule has 0 N–H and O–H groups in total. The Hall–Kier alpha value is -2.95. The van der Waals surface area contributed by atoms with E-state index < -0.39 is 4.92 Å². The Morgan fingerprint density at radius 2 is 1.80 bits per heavy atom. The zero-order valence-electron chi connectivity index (χ0n) is 10.5. The van der Waals surface area contributed by atoms with Crippen LogP contribution in [0.4, 0.5) is 5.69 Å². The minimum Gasteiger partial charge on any atom is -0.258 e. The summed E-state index contributed by atoms with van der Waals surface area (Å²) in [6.07, 6.45) is 1.68. The minimum atomic E-state index is -0.396. The summed E-state index contributed by atoms with van der Waals surface area (Å²) in [6.45, 7) is 0. The van der Waals surface area contributed by atoms with E-state index in [0.29, 0.717) is 0 Å². The number of nitro benzene ring substituents is 1. The Morgan fingerprint density at radius 3 is 2.55 bits per heavy atom. The van der Waals surface area contributed by atoms with Crippen LogP contribution in [0.1, 0.15) is 0 Å². The number of benzene rings is 2. The van der Waals surface area contributed by atoms with Crippen LogP contribution >= 0.6 is 0 Å². The number of nitro groups is 1. The number of hydrogen-bond acceptors (Lipinski definition) is 3. The molecule has 3 rings (SSSR count). The lowest BCUT2D eigenvalue weighted by atomic mass is 10.1. The van der Waals surface area contributed by atoms with Crippen molar-refractivity contribution in [3.8, 4) is 16.9 Å². The quantitative estimate of drug-likeness (QED) is 0.538. The van der Waals surface area contributed by atoms with E-state index in [2.05, 4.69) is 5.10 Å². The van der Waals surface area contributed by atoms with E-state index in [-0.39, 0.29) is 5.69 Å². The molecule has 0 atom stereocenters. The molecule has 0 spiro atoms. The number of rotatable bonds is 3. The summed E-state index contributed by atoms with van der Waals surface area (Å²) in [5.41, 5.74) is 2.57. The lowest BCUT2D eigenvalue weighted by molar-refractivity contribution is -0.384. The van der Waals surface area contributed by atoms with Gasteiger partial charge in [0, 0.05) is 17.7 Å². The Labute approximate surface area is 115 Å². The van der Waals surface area contributed by atoms with Crippen LogP contribution in [0.2, 0.25) is 0 Å². The third-order valence-corrected chi connectivity index (χ3v) is 3.00. The lowest BCUT2D eigenvalue weighted by Crippen LogP contribution is -1.98. The topological polar surface area (TPSA) is 61.0 Å². The molecule has 1 heterocycles. The highest BCUT2D eigenvalue weighted by Gasteiger charge is 2.11. The first-order chi connectivity index (χ1) is 9.75. The van der Waals surface area contributed by atoms with Gasteiger partial charge in [-0.15, -0.1) is 0 Å². The number of para-hydroxylation sites is 1. The van der Waals surface area contributed by atoms with E-state index in [1.807, 2.05) is 42.5 Å². The van der Waals surface area contributed by atoms with Crippen LogP contribution < -0.4 is 0 Å². The van der Waals surface area contributed by atoms with Gasteiger partial charge in [0.2, 0.25) is 0 Å². The molecule has 98 valence electrons. The summed E-state index contributed by atoms with van der Waals surface area (Å²) < 4.78 is 1.76. The van der Waals surface area contributed by atoms with Crippen LogP contribution in [-0.4, -0.2) is 14.7 Å². The van der Waals surface area contributed by atoms with Crippen molar-refractivity contribution in [1.82, 2.24) is 9.78 Å². The van der Waals surface area contributed by atoms with Crippen molar-refractivity contribution in [3.05, 3.63) is 77.0 Å². The highest BCUT2D eigenvalue weighted by Crippen LogP contribution is 2.25. The van der Waals surface area contributed by atoms with Crippen molar-refractivity contribution in [2.45, 2.75) is 0 Å². The zero-order chi connectivity index (χ0) is 13.9. The van der Waals surface area contributed by atoms with Gasteiger partial charge in [0.1, 0.15) is 0 Å². The molecule has 0 radical (unpaired) electrons. The molecule has 0 saturated heterocycles. The van der Waals surface area contributed by atoms with Crippen LogP contribution in [0.15, 0.2) is 66.9 Å². The van der Waals surface area contributed by atoms with E-state index >= 15 is 0 Å². The summed E-state index contributed by atoms with van der Waals surface area (Å²) in [7, 11) is 0. The maximum Gasteiger partial charge on any atom is 0.270 e. The molecule has 2 aromatic carbocycles. The van der Waals surface area contributed by atoms with E-state index in [9.17, 15) is 10.1 Å². The average molecular weight is 265 g/mol. The van der Waals surface area contributed by atoms with Crippen LogP contribution in [0.5, 0.6) is 0 Å². The normalized spacial score (nSPS) is 10.4. The second-order valence-corrected chi connectivity index (χ2v) is 4.27. The molecule has 3 aromatic rings. The fourth-order valence-electron chi connectivity index (χ4n) is 2.08. The second kappa shape index (κ2) is 4.97. The maximum atomic E-state index is 10.9. The third-order valence-electron chi connectivity index (χ3n) is 3.00. The van der Waals surface area contributed by atoms with Crippen molar-refractivity contribution in [1.29, 1.82) is 0 Å². The van der Waals surface area contributed by atoms with Crippen LogP contribution in [0.25, 0.3) is 16.9 Å². The average Bonchev–Trinajstić information content (AvgIpc) is 2.98. The van der Waals surface area contributed by atoms with Crippen LogP contribution in [0, 0.1) is 10.1 Å². The molecule has 0 amide bonds. The van der Waals surface area contributed by atoms with Crippen LogP contribution in [-0.2, 0) is 0 Å². The monoisotopic (exact) mass is 265 g/mol. The van der Waals surface area contributed by atoms with Gasteiger partial charge in [-0.3, -0.25) is 10.1 Å². The zero-order valence-corrected chi connectivity index (χ0v) is 10.5. The SMILES string of the molecule is O=[N+]([O-])c1cccc(-c2ccnn2-c2ccccc2)c1. The predicted octanol–water partition coefficient (Wildman–Crippen LogP) is 3.45. The lowest BCUT2D eigenvalue weighted by Gasteiger charge is -2.07. The van der Waals surface area contributed by atoms with Gasteiger partial charge in [-0.1, -0.05) is 30.3 Å². The van der Waals surface area contributed by atoms with Gasteiger partial charge in [0.15, 0.2) is 0 Å². The second-order valence-electron chi connectivity index (χ2n) is 4.27. The molecule has 5 heteroatoms. The van der Waals surface area contributed by atoms with Crippen molar-refractivity contribution < 1.29 is 4.92 Å². The molecule has 1 aromatic heterocycles. The number of non-ortho nitro benzene ring substituents is 1. The molecular weight excluding hydrogens is 254 g/mol. The minimum absolute atomic E-state index is 0.0725. The molecule has 0 fully saturated rings. The number of nitrogens with zero attached hydrogens (tertiary/aromatic N) is 3. The molecule has 0 aliphatic carbocycles. The third kappa shape index (κ3) is 2.16. The van der Waals surface area contributed by atoms with Crippen LogP contribution in [0.3, 0.4) is 0 Å². The fourth-order valence-corrected chi connectivity index (χ4v) is 2.08. The first-order valence-electron chi connectivity index (χ1n) is 6.10. The van der Waals surface area contributed by atoms with E-state index in [1.54, 1.807) is 23.0 Å². The number of hydrogen-bond donors (Lipinski definition) is 0. The van der Waals surface area contributed by atoms with Gasteiger partial charge < -0.3 is 0 Å². The van der Waals surface area contributed by atoms with Gasteiger partial charge in [0.25, 0.3) is 5.69 Å². The molecule has 20 heavy (non-hydrogen) atoms. The molecule has 0 bridgehead atoms. The van der Waals surface area contributed by atoms with Crippen molar-refractivity contribution in [3.63, 3.8) is 0 Å². The molecule has 0 unspecified atom stereocenters. The summed E-state index contributed by atoms with van der Waals surface area (Å²) in [6, 6.07) is 18.0. The molecular formula is C15H11N3O2. The highest BCUT2D eigenvalue weighted by molar-refractivity contribution is 5.64. The van der Waals surface area contributed by atoms with E-state index in [4.69, 9.17) is 0 Å². The van der Waals surface area contributed by atoms with E-state index in [0.717, 1.165) is 16.9 Å². The Balaban J connectivity index is 2.10. The molecule has 0 aliphatic rings. The Bertz CT molecular complexity index is 751. The Morgan fingerprint density at radius 1 is 1.00 bits per heavy atom. The van der Waals surface area contributed by atoms with Gasteiger partial charge in [-0.05, 0) is 18.2 Å². The highest BCUT2D eigenvalue weighted by atomic mass is 16.6. The standard InChI is InChI=1S/C15H11N3O2/c19-18(20)14-8-4-5-12(11-14)15-9-10-16-17(15)13-6-2-1-3-7-13/h1-11H. The largest absolute Gasteiger partial charge is 0.270 e. The molecule has 5 nitrogen and oxygen atoms in total. The first-order valence-corrected chi connectivity index (χ1v) is 6.10. The predicted molar refractivity (Wildman–Crippen MR) is 75.7 cm³/mol. The van der Waals surface area contributed by atoms with Gasteiger partial charge in [0.05, 0.1) is 22.5 Å². The summed E-state index contributed by atoms with van der Waals surface area (Å²) in [4.78, 5) is 10.5. The number of aromatic nitrogens is 2. The van der Waals surface area contributed by atoms with Gasteiger partial charge >= 0.3 is 0 Å². The smallest absolute Gasteiger partial charge is 0.258 e. The Kier molecular flexibility index (Phi) is 3.01. The van der Waals surface area contributed by atoms with E-state index in [1.165, 1.54) is 6.07 Å². The van der Waals surface area contributed by atoms with Gasteiger partial charge in [-0.2, -0.15) is 5.10 Å². The maximum absolute atomic E-state index is 10.9. The summed E-state index contributed by atoms with van der Waals surface area (Å²) >= 11 is 0. The fraction of sp³-hybridized carbons (Fsp3) is 0. The van der Waals surface area contributed by atoms with Crippen molar-refractivity contribution in [2.75, 3.05) is 0 Å². The van der Waals surface area contributed by atoms with Crippen molar-refractivity contribution in [2.24, 2.45) is 0 Å². The van der Waals surface area contributed by atoms with Crippen molar-refractivity contribution >= 4 is 5.69 Å². The first kappa shape index (κ1) is 12.1. The summed E-state index contributed by atoms with van der Waals surface area (Å²) in [5, 5.41) is 15.1. The summed E-state index contributed by atoms with van der Waals surface area (Å²) in [5.74, 6) is 0. The molecule has 0 saturated carbocycles. The van der Waals surface area contributed by atoms with Gasteiger partial charge in [-0.25, -0.2) is 4.68 Å². The molecule has 0 aliphatic heterocycles.